The molecule has 1 aliphatic heterocycles. The van der Waals surface area contributed by atoms with Gasteiger partial charge in [-0.15, -0.1) is 0 Å². The van der Waals surface area contributed by atoms with Crippen LogP contribution in [0.2, 0.25) is 0 Å². The Morgan fingerprint density at radius 1 is 1.29 bits per heavy atom. The minimum absolute atomic E-state index is 0.210. The molecule has 0 aliphatic carbocycles. The van der Waals surface area contributed by atoms with Crippen LogP contribution in [0.5, 0.6) is 5.75 Å². The largest absolute Gasteiger partial charge is 0.496 e. The monoisotopic (exact) mass is 293 g/mol. The van der Waals surface area contributed by atoms with Crippen LogP contribution in [0, 0.1) is 13.8 Å². The van der Waals surface area contributed by atoms with Gasteiger partial charge >= 0.3 is 0 Å². The fourth-order valence-electron chi connectivity index (χ4n) is 3.29. The van der Waals surface area contributed by atoms with Crippen LogP contribution in [0.1, 0.15) is 36.6 Å². The number of β-amino-alcohol motifs (C(OH)–C–C–N with tert-alkyl or cyclic N) is 1. The number of aryl methyl sites for hydroxylation is 2. The van der Waals surface area contributed by atoms with E-state index in [2.05, 4.69) is 24.8 Å². The standard InChI is InChI=1S/C17H27NO3/c1-11-6-12(2)17(20-5)15(7-11)16(19)10-18-8-13(3)21-14(4)9-18/h6-7,13-14,16,19H,8-10H2,1-5H3. The summed E-state index contributed by atoms with van der Waals surface area (Å²) in [5.41, 5.74) is 3.09. The molecule has 118 valence electrons. The van der Waals surface area contributed by atoms with Crippen LogP contribution in [-0.4, -0.2) is 49.0 Å². The van der Waals surface area contributed by atoms with Crippen molar-refractivity contribution in [2.75, 3.05) is 26.7 Å². The van der Waals surface area contributed by atoms with Gasteiger partial charge < -0.3 is 14.6 Å². The molecule has 0 aromatic heterocycles. The number of nitrogens with zero attached hydrogens (tertiary/aromatic N) is 1. The number of morpholine rings is 1. The third kappa shape index (κ3) is 3.96. The Morgan fingerprint density at radius 2 is 1.90 bits per heavy atom. The number of aliphatic hydroxyl groups is 1. The second-order valence-electron chi connectivity index (χ2n) is 6.20. The minimum atomic E-state index is -0.545. The maximum Gasteiger partial charge on any atom is 0.127 e. The lowest BCUT2D eigenvalue weighted by atomic mass is 10.0. The smallest absolute Gasteiger partial charge is 0.127 e. The van der Waals surface area contributed by atoms with Crippen LogP contribution in [-0.2, 0) is 4.74 Å². The van der Waals surface area contributed by atoms with Crippen molar-refractivity contribution in [3.05, 3.63) is 28.8 Å². The summed E-state index contributed by atoms with van der Waals surface area (Å²) in [6.07, 6.45) is -0.125. The summed E-state index contributed by atoms with van der Waals surface area (Å²) < 4.78 is 11.2. The molecule has 0 bridgehead atoms. The van der Waals surface area contributed by atoms with Gasteiger partial charge in [-0.3, -0.25) is 4.90 Å². The van der Waals surface area contributed by atoms with Crippen LogP contribution in [0.15, 0.2) is 12.1 Å². The van der Waals surface area contributed by atoms with Gasteiger partial charge in [-0.2, -0.15) is 0 Å². The molecule has 3 atom stereocenters. The summed E-state index contributed by atoms with van der Waals surface area (Å²) in [7, 11) is 1.66. The highest BCUT2D eigenvalue weighted by atomic mass is 16.5. The molecule has 2 rings (SSSR count). The SMILES string of the molecule is COc1c(C)cc(C)cc1C(O)CN1CC(C)OC(C)C1. The summed E-state index contributed by atoms with van der Waals surface area (Å²) in [4.78, 5) is 2.26. The first kappa shape index (κ1) is 16.3. The van der Waals surface area contributed by atoms with Crippen molar-refractivity contribution in [1.29, 1.82) is 0 Å². The van der Waals surface area contributed by atoms with Crippen molar-refractivity contribution >= 4 is 0 Å². The van der Waals surface area contributed by atoms with Crippen LogP contribution in [0.4, 0.5) is 0 Å². The molecule has 0 spiro atoms. The third-order valence-electron chi connectivity index (χ3n) is 3.94. The maximum absolute atomic E-state index is 10.6. The van der Waals surface area contributed by atoms with E-state index >= 15 is 0 Å². The number of hydrogen-bond donors (Lipinski definition) is 1. The van der Waals surface area contributed by atoms with Gasteiger partial charge in [0.1, 0.15) is 5.75 Å². The van der Waals surface area contributed by atoms with E-state index in [-0.39, 0.29) is 12.2 Å². The van der Waals surface area contributed by atoms with Gasteiger partial charge in [0.2, 0.25) is 0 Å². The van der Waals surface area contributed by atoms with Gasteiger partial charge in [0.15, 0.2) is 0 Å². The lowest BCUT2D eigenvalue weighted by molar-refractivity contribution is -0.0768. The first-order chi connectivity index (χ1) is 9.90. The number of hydrogen-bond acceptors (Lipinski definition) is 4. The zero-order valence-corrected chi connectivity index (χ0v) is 13.7. The molecule has 0 radical (unpaired) electrons. The number of benzene rings is 1. The number of aliphatic hydroxyl groups excluding tert-OH is 1. The van der Waals surface area contributed by atoms with Gasteiger partial charge in [-0.25, -0.2) is 0 Å². The molecule has 1 N–H and O–H groups in total. The highest BCUT2D eigenvalue weighted by Gasteiger charge is 2.25. The molecule has 0 saturated carbocycles. The second kappa shape index (κ2) is 6.77. The number of ether oxygens (including phenoxy) is 2. The Morgan fingerprint density at radius 3 is 2.48 bits per heavy atom. The molecular weight excluding hydrogens is 266 g/mol. The molecule has 1 saturated heterocycles. The summed E-state index contributed by atoms with van der Waals surface area (Å²) in [6, 6.07) is 4.09. The van der Waals surface area contributed by atoms with Crippen LogP contribution in [0.25, 0.3) is 0 Å². The average molecular weight is 293 g/mol. The van der Waals surface area contributed by atoms with Gasteiger partial charge in [-0.05, 0) is 39.3 Å². The molecule has 3 unspecified atom stereocenters. The molecule has 1 aliphatic rings. The Balaban J connectivity index is 2.14. The van der Waals surface area contributed by atoms with Crippen molar-refractivity contribution in [1.82, 2.24) is 4.90 Å². The molecule has 1 fully saturated rings. The Hall–Kier alpha value is -1.10. The van der Waals surface area contributed by atoms with E-state index in [0.717, 1.165) is 35.5 Å². The van der Waals surface area contributed by atoms with E-state index in [9.17, 15) is 5.11 Å². The van der Waals surface area contributed by atoms with Crippen molar-refractivity contribution in [3.63, 3.8) is 0 Å². The average Bonchev–Trinajstić information content (AvgIpc) is 2.36. The van der Waals surface area contributed by atoms with Crippen molar-refractivity contribution in [2.45, 2.75) is 46.0 Å². The van der Waals surface area contributed by atoms with Gasteiger partial charge in [0.25, 0.3) is 0 Å². The number of methoxy groups -OCH3 is 1. The number of rotatable bonds is 4. The van der Waals surface area contributed by atoms with Gasteiger partial charge in [0, 0.05) is 25.2 Å². The summed E-state index contributed by atoms with van der Waals surface area (Å²) >= 11 is 0. The van der Waals surface area contributed by atoms with Crippen LogP contribution in [0.3, 0.4) is 0 Å². The molecule has 21 heavy (non-hydrogen) atoms. The first-order valence-corrected chi connectivity index (χ1v) is 7.61. The van der Waals surface area contributed by atoms with E-state index in [1.807, 2.05) is 19.9 Å². The highest BCUT2D eigenvalue weighted by molar-refractivity contribution is 5.45. The van der Waals surface area contributed by atoms with E-state index in [1.54, 1.807) is 7.11 Å². The first-order valence-electron chi connectivity index (χ1n) is 7.61. The van der Waals surface area contributed by atoms with Gasteiger partial charge in [0.05, 0.1) is 25.4 Å². The van der Waals surface area contributed by atoms with Crippen molar-refractivity contribution < 1.29 is 14.6 Å². The Kier molecular flexibility index (Phi) is 5.25. The summed E-state index contributed by atoms with van der Waals surface area (Å²) in [5, 5.41) is 10.6. The summed E-state index contributed by atoms with van der Waals surface area (Å²) in [5.74, 6) is 0.794. The van der Waals surface area contributed by atoms with Crippen molar-refractivity contribution in [2.24, 2.45) is 0 Å². The predicted molar refractivity (Wildman–Crippen MR) is 83.9 cm³/mol. The van der Waals surface area contributed by atoms with Gasteiger partial charge in [-0.1, -0.05) is 11.6 Å². The second-order valence-corrected chi connectivity index (χ2v) is 6.20. The van der Waals surface area contributed by atoms with Crippen LogP contribution < -0.4 is 4.74 Å². The molecule has 4 heteroatoms. The molecule has 0 amide bonds. The quantitative estimate of drug-likeness (QED) is 0.926. The van der Waals surface area contributed by atoms with E-state index < -0.39 is 6.10 Å². The summed E-state index contributed by atoms with van der Waals surface area (Å²) in [6.45, 7) is 10.5. The fourth-order valence-corrected chi connectivity index (χ4v) is 3.29. The van der Waals surface area contributed by atoms with Crippen LogP contribution >= 0.6 is 0 Å². The minimum Gasteiger partial charge on any atom is -0.496 e. The Labute approximate surface area is 127 Å². The van der Waals surface area contributed by atoms with E-state index in [4.69, 9.17) is 9.47 Å². The molecular formula is C17H27NO3. The maximum atomic E-state index is 10.6. The normalized spacial score (nSPS) is 24.9. The van der Waals surface area contributed by atoms with E-state index in [1.165, 1.54) is 0 Å². The zero-order chi connectivity index (χ0) is 15.6. The predicted octanol–water partition coefficient (Wildman–Crippen LogP) is 2.45. The topological polar surface area (TPSA) is 41.9 Å². The Bertz CT molecular complexity index is 479. The lowest BCUT2D eigenvalue weighted by Gasteiger charge is -2.36. The molecule has 1 aromatic rings. The van der Waals surface area contributed by atoms with E-state index in [0.29, 0.717) is 6.54 Å². The molecule has 4 nitrogen and oxygen atoms in total. The third-order valence-corrected chi connectivity index (χ3v) is 3.94. The molecule has 1 aromatic carbocycles. The molecule has 1 heterocycles. The lowest BCUT2D eigenvalue weighted by Crippen LogP contribution is -2.46. The van der Waals surface area contributed by atoms with Crippen molar-refractivity contribution in [3.8, 4) is 5.75 Å². The highest BCUT2D eigenvalue weighted by Crippen LogP contribution is 2.31. The fraction of sp³-hybridized carbons (Fsp3) is 0.647. The zero-order valence-electron chi connectivity index (χ0n) is 13.7.